The minimum absolute atomic E-state index is 0.127. The van der Waals surface area contributed by atoms with Crippen LogP contribution in [0.1, 0.15) is 43.0 Å². The SMILES string of the molecule is CC(C)(C)c1csc(C2COc3ccccc3C2)n1. The molecule has 1 aromatic heterocycles. The molecule has 1 aromatic carbocycles. The van der Waals surface area contributed by atoms with Crippen LogP contribution in [0, 0.1) is 0 Å². The summed E-state index contributed by atoms with van der Waals surface area (Å²) in [4.78, 5) is 4.82. The van der Waals surface area contributed by atoms with Crippen LogP contribution in [0.5, 0.6) is 5.75 Å². The van der Waals surface area contributed by atoms with Crippen molar-refractivity contribution < 1.29 is 4.74 Å². The molecule has 100 valence electrons. The molecule has 1 atom stereocenters. The highest BCUT2D eigenvalue weighted by atomic mass is 32.1. The highest BCUT2D eigenvalue weighted by Crippen LogP contribution is 2.35. The van der Waals surface area contributed by atoms with Gasteiger partial charge in [-0.15, -0.1) is 11.3 Å². The third-order valence-corrected chi connectivity index (χ3v) is 4.53. The van der Waals surface area contributed by atoms with Gasteiger partial charge in [0.2, 0.25) is 0 Å². The molecule has 1 aliphatic rings. The van der Waals surface area contributed by atoms with Gasteiger partial charge in [0.1, 0.15) is 5.75 Å². The molecule has 0 radical (unpaired) electrons. The first-order valence-corrected chi connectivity index (χ1v) is 7.58. The van der Waals surface area contributed by atoms with Crippen molar-refractivity contribution >= 4 is 11.3 Å². The van der Waals surface area contributed by atoms with Gasteiger partial charge in [-0.3, -0.25) is 0 Å². The van der Waals surface area contributed by atoms with Crippen LogP contribution in [0.15, 0.2) is 29.6 Å². The summed E-state index contributed by atoms with van der Waals surface area (Å²) in [6.45, 7) is 7.36. The maximum Gasteiger partial charge on any atom is 0.122 e. The number of ether oxygens (including phenoxy) is 1. The van der Waals surface area contributed by atoms with Crippen LogP contribution in [0.2, 0.25) is 0 Å². The molecule has 0 N–H and O–H groups in total. The molecular formula is C16H19NOS. The van der Waals surface area contributed by atoms with Gasteiger partial charge in [0.05, 0.1) is 17.3 Å². The van der Waals surface area contributed by atoms with Crippen LogP contribution < -0.4 is 4.74 Å². The molecule has 3 rings (SSSR count). The van der Waals surface area contributed by atoms with Crippen molar-refractivity contribution in [2.75, 3.05) is 6.61 Å². The van der Waals surface area contributed by atoms with Gasteiger partial charge in [-0.1, -0.05) is 39.0 Å². The van der Waals surface area contributed by atoms with Crippen molar-refractivity contribution in [1.29, 1.82) is 0 Å². The number of fused-ring (bicyclic) bond motifs is 1. The van der Waals surface area contributed by atoms with Gasteiger partial charge < -0.3 is 4.74 Å². The summed E-state index contributed by atoms with van der Waals surface area (Å²) >= 11 is 1.77. The van der Waals surface area contributed by atoms with Gasteiger partial charge in [-0.05, 0) is 18.1 Å². The van der Waals surface area contributed by atoms with Gasteiger partial charge in [-0.25, -0.2) is 4.98 Å². The van der Waals surface area contributed by atoms with Crippen molar-refractivity contribution in [2.24, 2.45) is 0 Å². The third-order valence-electron chi connectivity index (χ3n) is 3.52. The van der Waals surface area contributed by atoms with Crippen LogP contribution in [-0.2, 0) is 11.8 Å². The van der Waals surface area contributed by atoms with Gasteiger partial charge >= 0.3 is 0 Å². The van der Waals surface area contributed by atoms with E-state index in [1.807, 2.05) is 12.1 Å². The first kappa shape index (κ1) is 12.7. The van der Waals surface area contributed by atoms with Crippen molar-refractivity contribution in [3.63, 3.8) is 0 Å². The molecule has 0 saturated carbocycles. The van der Waals surface area contributed by atoms with E-state index in [9.17, 15) is 0 Å². The second kappa shape index (κ2) is 4.64. The largest absolute Gasteiger partial charge is 0.493 e. The number of thiazole rings is 1. The Bertz CT molecular complexity index is 582. The summed E-state index contributed by atoms with van der Waals surface area (Å²) in [6.07, 6.45) is 1.03. The highest BCUT2D eigenvalue weighted by molar-refractivity contribution is 7.09. The molecule has 2 aromatic rings. The van der Waals surface area contributed by atoms with E-state index in [0.29, 0.717) is 5.92 Å². The number of rotatable bonds is 1. The second-order valence-corrected chi connectivity index (χ2v) is 7.03. The smallest absolute Gasteiger partial charge is 0.122 e. The predicted octanol–water partition coefficient (Wildman–Crippen LogP) is 4.16. The van der Waals surface area contributed by atoms with Gasteiger partial charge in [0.25, 0.3) is 0 Å². The lowest BCUT2D eigenvalue weighted by atomic mass is 9.93. The summed E-state index contributed by atoms with van der Waals surface area (Å²) in [5, 5.41) is 3.40. The van der Waals surface area contributed by atoms with Crippen molar-refractivity contribution in [3.05, 3.63) is 45.9 Å². The van der Waals surface area contributed by atoms with Crippen LogP contribution >= 0.6 is 11.3 Å². The Morgan fingerprint density at radius 2 is 2.05 bits per heavy atom. The molecule has 0 aliphatic carbocycles. The Morgan fingerprint density at radius 3 is 2.79 bits per heavy atom. The van der Waals surface area contributed by atoms with E-state index in [1.165, 1.54) is 16.3 Å². The average Bonchev–Trinajstić information content (AvgIpc) is 2.87. The molecule has 1 unspecified atom stereocenters. The Balaban J connectivity index is 1.83. The molecule has 0 amide bonds. The maximum atomic E-state index is 5.85. The summed E-state index contributed by atoms with van der Waals surface area (Å²) in [7, 11) is 0. The number of nitrogens with zero attached hydrogens (tertiary/aromatic N) is 1. The molecule has 2 heterocycles. The lowest BCUT2D eigenvalue weighted by molar-refractivity contribution is 0.262. The number of aromatic nitrogens is 1. The zero-order chi connectivity index (χ0) is 13.5. The Hall–Kier alpha value is -1.35. The minimum atomic E-state index is 0.127. The molecule has 0 fully saturated rings. The number of hydrogen-bond acceptors (Lipinski definition) is 3. The molecular weight excluding hydrogens is 254 g/mol. The van der Waals surface area contributed by atoms with Gasteiger partial charge in [0.15, 0.2) is 0 Å². The summed E-state index contributed by atoms with van der Waals surface area (Å²) in [6, 6.07) is 8.31. The molecule has 1 aliphatic heterocycles. The first-order chi connectivity index (χ1) is 9.04. The Kier molecular flexibility index (Phi) is 3.09. The van der Waals surface area contributed by atoms with Crippen molar-refractivity contribution in [3.8, 4) is 5.75 Å². The van der Waals surface area contributed by atoms with E-state index in [4.69, 9.17) is 9.72 Å². The minimum Gasteiger partial charge on any atom is -0.493 e. The van der Waals surface area contributed by atoms with Crippen LogP contribution in [0.4, 0.5) is 0 Å². The summed E-state index contributed by atoms with van der Waals surface area (Å²) in [5.74, 6) is 1.43. The average molecular weight is 273 g/mol. The van der Waals surface area contributed by atoms with E-state index >= 15 is 0 Å². The third kappa shape index (κ3) is 2.52. The van der Waals surface area contributed by atoms with Crippen molar-refractivity contribution in [1.82, 2.24) is 4.98 Å². The molecule has 0 saturated heterocycles. The first-order valence-electron chi connectivity index (χ1n) is 6.70. The van der Waals surface area contributed by atoms with Gasteiger partial charge in [0, 0.05) is 16.7 Å². The van der Waals surface area contributed by atoms with Crippen LogP contribution in [0.3, 0.4) is 0 Å². The standard InChI is InChI=1S/C16H19NOS/c1-16(2,3)14-10-19-15(17-14)12-8-11-6-4-5-7-13(11)18-9-12/h4-7,10,12H,8-9H2,1-3H3. The topological polar surface area (TPSA) is 22.1 Å². The Labute approximate surface area is 118 Å². The maximum absolute atomic E-state index is 5.85. The van der Waals surface area contributed by atoms with E-state index in [0.717, 1.165) is 18.8 Å². The fourth-order valence-corrected chi connectivity index (χ4v) is 3.44. The summed E-state index contributed by atoms with van der Waals surface area (Å²) < 4.78 is 5.85. The van der Waals surface area contributed by atoms with E-state index < -0.39 is 0 Å². The van der Waals surface area contributed by atoms with E-state index in [1.54, 1.807) is 11.3 Å². The highest BCUT2D eigenvalue weighted by Gasteiger charge is 2.25. The summed E-state index contributed by atoms with van der Waals surface area (Å²) in [5.41, 5.74) is 2.61. The molecule has 0 bridgehead atoms. The lowest BCUT2D eigenvalue weighted by Gasteiger charge is -2.24. The van der Waals surface area contributed by atoms with Crippen molar-refractivity contribution in [2.45, 2.75) is 38.5 Å². The zero-order valence-corrected chi connectivity index (χ0v) is 12.5. The fourth-order valence-electron chi connectivity index (χ4n) is 2.31. The van der Waals surface area contributed by atoms with Crippen LogP contribution in [-0.4, -0.2) is 11.6 Å². The van der Waals surface area contributed by atoms with Gasteiger partial charge in [-0.2, -0.15) is 0 Å². The van der Waals surface area contributed by atoms with Crippen LogP contribution in [0.25, 0.3) is 0 Å². The second-order valence-electron chi connectivity index (χ2n) is 6.14. The normalized spacial score (nSPS) is 18.8. The molecule has 19 heavy (non-hydrogen) atoms. The number of benzene rings is 1. The zero-order valence-electron chi connectivity index (χ0n) is 11.6. The quantitative estimate of drug-likeness (QED) is 0.778. The number of hydrogen-bond donors (Lipinski definition) is 0. The molecule has 3 heteroatoms. The number of para-hydroxylation sites is 1. The Morgan fingerprint density at radius 1 is 1.26 bits per heavy atom. The molecule has 0 spiro atoms. The monoisotopic (exact) mass is 273 g/mol. The van der Waals surface area contributed by atoms with E-state index in [-0.39, 0.29) is 5.41 Å². The lowest BCUT2D eigenvalue weighted by Crippen LogP contribution is -2.19. The fraction of sp³-hybridized carbons (Fsp3) is 0.438. The molecule has 2 nitrogen and oxygen atoms in total. The van der Waals surface area contributed by atoms with E-state index in [2.05, 4.69) is 38.3 Å². The predicted molar refractivity (Wildman–Crippen MR) is 79.2 cm³/mol.